The molecule has 4 aliphatic carbocycles. The zero-order valence-corrected chi connectivity index (χ0v) is 24.2. The highest BCUT2D eigenvalue weighted by molar-refractivity contribution is 5.85. The summed E-state index contributed by atoms with van der Waals surface area (Å²) >= 11 is 0. The van der Waals surface area contributed by atoms with E-state index in [1.165, 1.54) is 89.9 Å². The lowest BCUT2D eigenvalue weighted by Crippen LogP contribution is -2.53. The molecule has 8 atom stereocenters. The highest BCUT2D eigenvalue weighted by atomic mass is 16.4. The molecule has 4 rings (SSSR count). The minimum Gasteiger partial charge on any atom is -0.478 e. The first kappa shape index (κ1) is 28.8. The Kier molecular flexibility index (Phi) is 10.4. The summed E-state index contributed by atoms with van der Waals surface area (Å²) in [5.41, 5.74) is 1.68. The zero-order valence-electron chi connectivity index (χ0n) is 24.2. The van der Waals surface area contributed by atoms with Gasteiger partial charge in [-0.15, -0.1) is 0 Å². The fraction of sp³-hybridized carbons (Fsp3) is 0.909. The Labute approximate surface area is 218 Å². The van der Waals surface area contributed by atoms with Crippen LogP contribution in [0.25, 0.3) is 0 Å². The lowest BCUT2D eigenvalue weighted by atomic mass is 9.44. The summed E-state index contributed by atoms with van der Waals surface area (Å²) in [6.07, 6.45) is 24.3. The standard InChI is InChI=1S/C27H44O2.C6H14/c1-18(8-7-9-19(2)25(28)29)22-13-14-23-21-12-11-20-10-5-6-16-26(20,3)24(21)15-17-27(22,23)4;1-3-5-6-4-2/h9,18,20-24H,5-8,10-17H2,1-4H3,(H,28,29);3-6H2,1-2H3/b19-9+;. The molecular weight excluding hydrogens is 428 g/mol. The van der Waals surface area contributed by atoms with E-state index in [0.29, 0.717) is 22.3 Å². The Morgan fingerprint density at radius 1 is 0.914 bits per heavy atom. The topological polar surface area (TPSA) is 37.3 Å². The van der Waals surface area contributed by atoms with Crippen LogP contribution in [-0.4, -0.2) is 11.1 Å². The largest absolute Gasteiger partial charge is 0.478 e. The molecule has 0 saturated heterocycles. The maximum Gasteiger partial charge on any atom is 0.330 e. The van der Waals surface area contributed by atoms with E-state index in [2.05, 4.69) is 34.6 Å². The summed E-state index contributed by atoms with van der Waals surface area (Å²) in [4.78, 5) is 11.1. The number of carboxylic acids is 1. The number of aliphatic carboxylic acids is 1. The molecule has 4 aliphatic rings. The Balaban J connectivity index is 0.000000509. The van der Waals surface area contributed by atoms with Gasteiger partial charge >= 0.3 is 5.97 Å². The van der Waals surface area contributed by atoms with Crippen LogP contribution in [0.2, 0.25) is 0 Å². The second kappa shape index (κ2) is 12.6. The third kappa shape index (κ3) is 6.20. The predicted octanol–water partition coefficient (Wildman–Crippen LogP) is 10.1. The van der Waals surface area contributed by atoms with Crippen molar-refractivity contribution in [2.45, 2.75) is 144 Å². The van der Waals surface area contributed by atoms with Crippen LogP contribution in [0.4, 0.5) is 0 Å². The molecule has 0 spiro atoms. The summed E-state index contributed by atoms with van der Waals surface area (Å²) in [5, 5.41) is 9.10. The fourth-order valence-electron chi connectivity index (χ4n) is 9.62. The summed E-state index contributed by atoms with van der Waals surface area (Å²) < 4.78 is 0. The number of unbranched alkanes of at least 4 members (excludes halogenated alkanes) is 3. The number of hydrogen-bond donors (Lipinski definition) is 1. The molecule has 35 heavy (non-hydrogen) atoms. The van der Waals surface area contributed by atoms with Crippen molar-refractivity contribution in [3.8, 4) is 0 Å². The van der Waals surface area contributed by atoms with Crippen LogP contribution in [0.1, 0.15) is 144 Å². The first-order valence-corrected chi connectivity index (χ1v) is 15.6. The van der Waals surface area contributed by atoms with Crippen molar-refractivity contribution in [2.75, 3.05) is 0 Å². The van der Waals surface area contributed by atoms with Crippen LogP contribution < -0.4 is 0 Å². The van der Waals surface area contributed by atoms with E-state index in [4.69, 9.17) is 5.11 Å². The molecule has 0 aromatic carbocycles. The van der Waals surface area contributed by atoms with Gasteiger partial charge in [-0.3, -0.25) is 0 Å². The van der Waals surface area contributed by atoms with E-state index in [1.54, 1.807) is 6.92 Å². The molecular formula is C33H58O2. The predicted molar refractivity (Wildman–Crippen MR) is 149 cm³/mol. The molecule has 0 heterocycles. The molecule has 8 unspecified atom stereocenters. The number of carbonyl (C=O) groups is 1. The van der Waals surface area contributed by atoms with E-state index in [0.717, 1.165) is 42.4 Å². The molecule has 2 heteroatoms. The van der Waals surface area contributed by atoms with Gasteiger partial charge in [0.2, 0.25) is 0 Å². The van der Waals surface area contributed by atoms with Crippen molar-refractivity contribution in [1.29, 1.82) is 0 Å². The first-order chi connectivity index (χ1) is 16.7. The molecule has 0 aliphatic heterocycles. The molecule has 202 valence electrons. The summed E-state index contributed by atoms with van der Waals surface area (Å²) in [6.45, 7) is 14.0. The number of rotatable bonds is 8. The normalized spacial score (nSPS) is 39.5. The van der Waals surface area contributed by atoms with Gasteiger partial charge in [0.15, 0.2) is 0 Å². The number of hydrogen-bond acceptors (Lipinski definition) is 1. The molecule has 0 aromatic heterocycles. The van der Waals surface area contributed by atoms with E-state index in [-0.39, 0.29) is 0 Å². The van der Waals surface area contributed by atoms with Crippen molar-refractivity contribution in [2.24, 2.45) is 46.3 Å². The molecule has 0 radical (unpaired) electrons. The van der Waals surface area contributed by atoms with Crippen molar-refractivity contribution in [1.82, 2.24) is 0 Å². The van der Waals surface area contributed by atoms with E-state index < -0.39 is 5.97 Å². The van der Waals surface area contributed by atoms with Gasteiger partial charge in [0.25, 0.3) is 0 Å². The monoisotopic (exact) mass is 486 g/mol. The van der Waals surface area contributed by atoms with Crippen molar-refractivity contribution in [3.05, 3.63) is 11.6 Å². The highest BCUT2D eigenvalue weighted by Crippen LogP contribution is 2.68. The molecule has 0 aromatic rings. The van der Waals surface area contributed by atoms with Gasteiger partial charge in [0, 0.05) is 5.57 Å². The Hall–Kier alpha value is -0.790. The minimum absolute atomic E-state index is 0.505. The van der Waals surface area contributed by atoms with Crippen molar-refractivity contribution >= 4 is 5.97 Å². The third-order valence-corrected chi connectivity index (χ3v) is 11.7. The quantitative estimate of drug-likeness (QED) is 0.274. The lowest BCUT2D eigenvalue weighted by Gasteiger charge is -2.61. The lowest BCUT2D eigenvalue weighted by molar-refractivity contribution is -0.132. The maximum atomic E-state index is 11.1. The average Bonchev–Trinajstić information content (AvgIpc) is 3.19. The smallest absolute Gasteiger partial charge is 0.330 e. The highest BCUT2D eigenvalue weighted by Gasteiger charge is 2.59. The maximum absolute atomic E-state index is 11.1. The van der Waals surface area contributed by atoms with Crippen molar-refractivity contribution < 1.29 is 9.90 Å². The second-order valence-electron chi connectivity index (χ2n) is 13.6. The van der Waals surface area contributed by atoms with E-state index >= 15 is 0 Å². The molecule has 4 fully saturated rings. The van der Waals surface area contributed by atoms with Gasteiger partial charge in [0.1, 0.15) is 0 Å². The Morgan fingerprint density at radius 3 is 2.26 bits per heavy atom. The SMILES string of the molecule is C/C(=C\CCC(C)C1CCC2C3CCC4CCCCC4(C)C3CCC12C)C(=O)O.CCCCCC. The average molecular weight is 487 g/mol. The number of carboxylic acid groups (broad SMARTS) is 1. The Morgan fingerprint density at radius 2 is 1.60 bits per heavy atom. The molecule has 0 amide bonds. The molecule has 4 saturated carbocycles. The van der Waals surface area contributed by atoms with Crippen LogP contribution in [0.3, 0.4) is 0 Å². The minimum atomic E-state index is -0.768. The third-order valence-electron chi connectivity index (χ3n) is 11.7. The number of allylic oxidation sites excluding steroid dienone is 1. The molecule has 2 nitrogen and oxygen atoms in total. The summed E-state index contributed by atoms with van der Waals surface area (Å²) in [6, 6.07) is 0. The van der Waals surface area contributed by atoms with Gasteiger partial charge in [-0.2, -0.15) is 0 Å². The van der Waals surface area contributed by atoms with Gasteiger partial charge < -0.3 is 5.11 Å². The molecule has 1 N–H and O–H groups in total. The van der Waals surface area contributed by atoms with Crippen LogP contribution in [-0.2, 0) is 4.79 Å². The summed E-state index contributed by atoms with van der Waals surface area (Å²) in [5.74, 6) is 4.72. The van der Waals surface area contributed by atoms with Crippen molar-refractivity contribution in [3.63, 3.8) is 0 Å². The first-order valence-electron chi connectivity index (χ1n) is 15.6. The molecule has 0 bridgehead atoms. The van der Waals surface area contributed by atoms with Crippen LogP contribution in [0, 0.1) is 46.3 Å². The van der Waals surface area contributed by atoms with Crippen LogP contribution >= 0.6 is 0 Å². The van der Waals surface area contributed by atoms with Gasteiger partial charge in [-0.1, -0.05) is 79.2 Å². The van der Waals surface area contributed by atoms with Gasteiger partial charge in [0.05, 0.1) is 0 Å². The Bertz CT molecular complexity index is 706. The van der Waals surface area contributed by atoms with E-state index in [9.17, 15) is 4.79 Å². The van der Waals surface area contributed by atoms with Crippen LogP contribution in [0.5, 0.6) is 0 Å². The zero-order chi connectivity index (χ0) is 25.6. The fourth-order valence-corrected chi connectivity index (χ4v) is 9.62. The van der Waals surface area contributed by atoms with Gasteiger partial charge in [-0.25, -0.2) is 4.79 Å². The second-order valence-corrected chi connectivity index (χ2v) is 13.6. The summed E-state index contributed by atoms with van der Waals surface area (Å²) in [7, 11) is 0. The number of fused-ring (bicyclic) bond motifs is 5. The van der Waals surface area contributed by atoms with Crippen LogP contribution in [0.15, 0.2) is 11.6 Å². The van der Waals surface area contributed by atoms with Gasteiger partial charge in [-0.05, 0) is 117 Å². The van der Waals surface area contributed by atoms with E-state index in [1.807, 2.05) is 6.08 Å².